The summed E-state index contributed by atoms with van der Waals surface area (Å²) in [6.45, 7) is 3.61. The van der Waals surface area contributed by atoms with E-state index in [1.54, 1.807) is 24.8 Å². The highest BCUT2D eigenvalue weighted by atomic mass is 32.2. The summed E-state index contributed by atoms with van der Waals surface area (Å²) in [5.74, 6) is -0.375. The Morgan fingerprint density at radius 3 is 2.85 bits per heavy atom. The lowest BCUT2D eigenvalue weighted by molar-refractivity contribution is -0.387. The highest BCUT2D eigenvalue weighted by Gasteiger charge is 2.34. The molecule has 20 heavy (non-hydrogen) atoms. The van der Waals surface area contributed by atoms with Gasteiger partial charge >= 0.3 is 5.97 Å². The van der Waals surface area contributed by atoms with Crippen LogP contribution in [0.25, 0.3) is 0 Å². The number of nitro groups is 1. The van der Waals surface area contributed by atoms with Crippen molar-refractivity contribution in [2.45, 2.75) is 18.7 Å². The average molecular weight is 298 g/mol. The zero-order valence-electron chi connectivity index (χ0n) is 11.1. The Kier molecular flexibility index (Phi) is 4.03. The zero-order valence-corrected chi connectivity index (χ0v) is 11.9. The molecule has 0 fully saturated rings. The van der Waals surface area contributed by atoms with Gasteiger partial charge in [-0.3, -0.25) is 19.1 Å². The minimum Gasteiger partial charge on any atom is -0.465 e. The summed E-state index contributed by atoms with van der Waals surface area (Å²) in [6, 6.07) is 3.09. The number of esters is 1. The van der Waals surface area contributed by atoms with Crippen LogP contribution >= 0.6 is 0 Å². The first-order valence-corrected chi connectivity index (χ1v) is 7.34. The molecule has 0 radical (unpaired) electrons. The first-order valence-electron chi connectivity index (χ1n) is 6.02. The minimum atomic E-state index is -1.51. The number of rotatable bonds is 4. The van der Waals surface area contributed by atoms with Crippen molar-refractivity contribution in [2.24, 2.45) is 0 Å². The van der Waals surface area contributed by atoms with Crippen molar-refractivity contribution in [3.63, 3.8) is 0 Å². The molecule has 0 spiro atoms. The molecule has 1 aromatic rings. The lowest BCUT2D eigenvalue weighted by Crippen LogP contribution is -2.29. The van der Waals surface area contributed by atoms with E-state index >= 15 is 0 Å². The molecule has 1 aromatic carbocycles. The fourth-order valence-corrected chi connectivity index (χ4v) is 3.54. The van der Waals surface area contributed by atoms with E-state index in [4.69, 9.17) is 4.74 Å². The highest BCUT2D eigenvalue weighted by molar-refractivity contribution is 7.85. The third-order valence-electron chi connectivity index (χ3n) is 2.86. The molecule has 2 rings (SSSR count). The summed E-state index contributed by atoms with van der Waals surface area (Å²) >= 11 is 0. The van der Waals surface area contributed by atoms with Crippen LogP contribution < -0.4 is 4.90 Å². The molecular formula is C12H14N2O5S. The largest absolute Gasteiger partial charge is 0.465 e. The Morgan fingerprint density at radius 1 is 1.55 bits per heavy atom. The lowest BCUT2D eigenvalue weighted by Gasteiger charge is -2.16. The summed E-state index contributed by atoms with van der Waals surface area (Å²) in [4.78, 5) is 23.8. The van der Waals surface area contributed by atoms with Crippen LogP contribution in [0.5, 0.6) is 0 Å². The molecule has 108 valence electrons. The van der Waals surface area contributed by atoms with Crippen LogP contribution in [-0.2, 0) is 20.3 Å². The van der Waals surface area contributed by atoms with Gasteiger partial charge in [-0.05, 0) is 25.5 Å². The van der Waals surface area contributed by atoms with Gasteiger partial charge in [-0.2, -0.15) is 0 Å². The first kappa shape index (κ1) is 14.4. The SMILES string of the molecule is CCOC(=O)CN1CS(=O)c2c1cc(C)cc2[N+](=O)[O-]. The molecule has 8 heteroatoms. The monoisotopic (exact) mass is 298 g/mol. The van der Waals surface area contributed by atoms with Gasteiger partial charge in [0, 0.05) is 6.07 Å². The van der Waals surface area contributed by atoms with Gasteiger partial charge in [0.25, 0.3) is 5.69 Å². The van der Waals surface area contributed by atoms with Crippen molar-refractivity contribution < 1.29 is 18.7 Å². The summed E-state index contributed by atoms with van der Waals surface area (Å²) in [6.07, 6.45) is 0. The van der Waals surface area contributed by atoms with Crippen molar-refractivity contribution >= 4 is 28.1 Å². The first-order chi connectivity index (χ1) is 9.43. The summed E-state index contributed by atoms with van der Waals surface area (Å²) in [5.41, 5.74) is 0.996. The highest BCUT2D eigenvalue weighted by Crippen LogP contribution is 2.39. The maximum Gasteiger partial charge on any atom is 0.325 e. The van der Waals surface area contributed by atoms with Crippen molar-refractivity contribution in [1.82, 2.24) is 0 Å². The normalized spacial score (nSPS) is 16.9. The number of carbonyl (C=O) groups excluding carboxylic acids is 1. The Balaban J connectivity index is 2.40. The van der Waals surface area contributed by atoms with E-state index in [1.165, 1.54) is 6.07 Å². The Hall–Kier alpha value is -1.96. The summed E-state index contributed by atoms with van der Waals surface area (Å²) < 4.78 is 16.9. The molecule has 1 atom stereocenters. The molecule has 0 saturated heterocycles. The molecule has 0 aliphatic carbocycles. The van der Waals surface area contributed by atoms with Crippen LogP contribution in [-0.4, -0.2) is 34.1 Å². The molecule has 1 unspecified atom stereocenters. The average Bonchev–Trinajstić information content (AvgIpc) is 2.65. The Bertz CT molecular complexity index is 602. The molecular weight excluding hydrogens is 284 g/mol. The zero-order chi connectivity index (χ0) is 14.9. The second kappa shape index (κ2) is 5.58. The van der Waals surface area contributed by atoms with Gasteiger partial charge in [0.2, 0.25) is 0 Å². The molecule has 0 N–H and O–H groups in total. The van der Waals surface area contributed by atoms with E-state index in [2.05, 4.69) is 0 Å². The number of benzene rings is 1. The van der Waals surface area contributed by atoms with E-state index < -0.39 is 21.7 Å². The van der Waals surface area contributed by atoms with Crippen molar-refractivity contribution in [3.05, 3.63) is 27.8 Å². The summed E-state index contributed by atoms with van der Waals surface area (Å²) in [5, 5.41) is 11.1. The van der Waals surface area contributed by atoms with Gasteiger partial charge in [0.15, 0.2) is 0 Å². The number of nitro benzene ring substituents is 1. The third kappa shape index (κ3) is 2.64. The van der Waals surface area contributed by atoms with Gasteiger partial charge in [-0.1, -0.05) is 0 Å². The predicted octanol–water partition coefficient (Wildman–Crippen LogP) is 1.35. The van der Waals surface area contributed by atoms with Crippen molar-refractivity contribution in [3.8, 4) is 0 Å². The molecule has 0 saturated carbocycles. The fourth-order valence-electron chi connectivity index (χ4n) is 2.11. The molecule has 7 nitrogen and oxygen atoms in total. The lowest BCUT2D eigenvalue weighted by atomic mass is 10.2. The molecule has 0 aromatic heterocycles. The van der Waals surface area contributed by atoms with Gasteiger partial charge < -0.3 is 9.64 Å². The predicted molar refractivity (Wildman–Crippen MR) is 73.1 cm³/mol. The Labute approximate surface area is 118 Å². The number of hydrogen-bond acceptors (Lipinski definition) is 6. The smallest absolute Gasteiger partial charge is 0.325 e. The van der Waals surface area contributed by atoms with E-state index in [1.807, 2.05) is 0 Å². The topological polar surface area (TPSA) is 89.8 Å². The second-order valence-corrected chi connectivity index (χ2v) is 5.72. The van der Waals surface area contributed by atoms with Crippen molar-refractivity contribution in [2.75, 3.05) is 23.9 Å². The van der Waals surface area contributed by atoms with Crippen LogP contribution in [0.3, 0.4) is 0 Å². The second-order valence-electron chi connectivity index (χ2n) is 4.37. The number of carbonyl (C=O) groups is 1. The quantitative estimate of drug-likeness (QED) is 0.473. The van der Waals surface area contributed by atoms with Gasteiger partial charge in [0.05, 0.1) is 33.9 Å². The van der Waals surface area contributed by atoms with Crippen LogP contribution in [0, 0.1) is 17.0 Å². The molecule has 1 aliphatic heterocycles. The van der Waals surface area contributed by atoms with Crippen LogP contribution in [0.15, 0.2) is 17.0 Å². The number of fused-ring (bicyclic) bond motifs is 1. The number of hydrogen-bond donors (Lipinski definition) is 0. The van der Waals surface area contributed by atoms with Crippen molar-refractivity contribution in [1.29, 1.82) is 0 Å². The van der Waals surface area contributed by atoms with E-state index in [0.717, 1.165) is 0 Å². The Morgan fingerprint density at radius 2 is 2.25 bits per heavy atom. The van der Waals surface area contributed by atoms with Gasteiger partial charge in [-0.15, -0.1) is 0 Å². The maximum atomic E-state index is 12.1. The third-order valence-corrected chi connectivity index (χ3v) is 4.28. The van der Waals surface area contributed by atoms with Crippen LogP contribution in [0.2, 0.25) is 0 Å². The van der Waals surface area contributed by atoms with Gasteiger partial charge in [0.1, 0.15) is 11.4 Å². The standard InChI is InChI=1S/C12H14N2O5S/c1-3-19-11(15)6-13-7-20(18)12-9(13)4-8(2)5-10(12)14(16)17/h4-5H,3,6-7H2,1-2H3. The van der Waals surface area contributed by atoms with E-state index in [9.17, 15) is 19.1 Å². The van der Waals surface area contributed by atoms with Gasteiger partial charge in [-0.25, -0.2) is 0 Å². The van der Waals surface area contributed by atoms with E-state index in [0.29, 0.717) is 11.3 Å². The number of anilines is 1. The van der Waals surface area contributed by atoms with Crippen LogP contribution in [0.4, 0.5) is 11.4 Å². The fraction of sp³-hybridized carbons (Fsp3) is 0.417. The number of nitrogens with zero attached hydrogens (tertiary/aromatic N) is 2. The molecule has 1 aliphatic rings. The number of ether oxygens (including phenoxy) is 1. The minimum absolute atomic E-state index is 0.0623. The van der Waals surface area contributed by atoms with E-state index in [-0.39, 0.29) is 29.6 Å². The molecule has 0 bridgehead atoms. The molecule has 0 amide bonds. The number of aryl methyl sites for hydroxylation is 1. The summed E-state index contributed by atoms with van der Waals surface area (Å²) in [7, 11) is -1.51. The maximum absolute atomic E-state index is 12.1. The molecule has 1 heterocycles. The van der Waals surface area contributed by atoms with Crippen LogP contribution in [0.1, 0.15) is 12.5 Å².